The highest BCUT2D eigenvalue weighted by molar-refractivity contribution is 6.02. The van der Waals surface area contributed by atoms with Crippen molar-refractivity contribution in [2.45, 2.75) is 12.8 Å². The van der Waals surface area contributed by atoms with Crippen molar-refractivity contribution in [1.82, 2.24) is 0 Å². The fourth-order valence-electron chi connectivity index (χ4n) is 3.08. The zero-order chi connectivity index (χ0) is 22.8. The van der Waals surface area contributed by atoms with E-state index in [-0.39, 0.29) is 11.8 Å². The molecule has 0 aromatic heterocycles. The highest BCUT2D eigenvalue weighted by atomic mass is 16.5. The molecule has 0 aliphatic rings. The van der Waals surface area contributed by atoms with E-state index in [1.165, 1.54) is 6.08 Å². The monoisotopic (exact) mass is 430 g/mol. The zero-order valence-electron chi connectivity index (χ0n) is 18.1. The number of carbonyl (C=O) groups excluding carboxylic acids is 2. The number of aryl methyl sites for hydroxylation is 1. The molecule has 0 unspecified atom stereocenters. The van der Waals surface area contributed by atoms with Gasteiger partial charge in [0.05, 0.1) is 14.2 Å². The molecule has 6 heteroatoms. The van der Waals surface area contributed by atoms with Crippen molar-refractivity contribution in [3.8, 4) is 11.5 Å². The van der Waals surface area contributed by atoms with Crippen LogP contribution in [-0.2, 0) is 16.0 Å². The molecular weight excluding hydrogens is 404 g/mol. The Balaban J connectivity index is 1.50. The predicted molar refractivity (Wildman–Crippen MR) is 127 cm³/mol. The lowest BCUT2D eigenvalue weighted by Crippen LogP contribution is -2.12. The van der Waals surface area contributed by atoms with Crippen LogP contribution in [0, 0.1) is 0 Å². The van der Waals surface area contributed by atoms with Crippen LogP contribution < -0.4 is 20.1 Å². The van der Waals surface area contributed by atoms with Crippen LogP contribution in [0.4, 0.5) is 11.4 Å². The van der Waals surface area contributed by atoms with Gasteiger partial charge in [0, 0.05) is 23.9 Å². The van der Waals surface area contributed by atoms with Crippen molar-refractivity contribution in [1.29, 1.82) is 0 Å². The second-order valence-electron chi connectivity index (χ2n) is 7.05. The van der Waals surface area contributed by atoms with Gasteiger partial charge in [0.2, 0.25) is 11.8 Å². The highest BCUT2D eigenvalue weighted by Gasteiger charge is 2.05. The maximum atomic E-state index is 12.2. The first-order valence-corrected chi connectivity index (χ1v) is 10.2. The van der Waals surface area contributed by atoms with Gasteiger partial charge >= 0.3 is 0 Å². The molecule has 0 heterocycles. The fraction of sp³-hybridized carbons (Fsp3) is 0.154. The lowest BCUT2D eigenvalue weighted by Gasteiger charge is -2.08. The topological polar surface area (TPSA) is 76.7 Å². The third-order valence-electron chi connectivity index (χ3n) is 4.75. The summed E-state index contributed by atoms with van der Waals surface area (Å²) in [5, 5.41) is 5.67. The van der Waals surface area contributed by atoms with Gasteiger partial charge in [0.15, 0.2) is 11.5 Å². The molecule has 0 aliphatic heterocycles. The smallest absolute Gasteiger partial charge is 0.248 e. The number of hydrogen-bond acceptors (Lipinski definition) is 4. The van der Waals surface area contributed by atoms with Crippen LogP contribution in [0.2, 0.25) is 0 Å². The molecule has 0 saturated heterocycles. The summed E-state index contributed by atoms with van der Waals surface area (Å²) < 4.78 is 10.5. The number of hydrogen-bond donors (Lipinski definition) is 2. The van der Waals surface area contributed by atoms with E-state index >= 15 is 0 Å². The second kappa shape index (κ2) is 11.4. The van der Waals surface area contributed by atoms with Crippen LogP contribution in [-0.4, -0.2) is 26.0 Å². The molecule has 0 atom stereocenters. The summed E-state index contributed by atoms with van der Waals surface area (Å²) in [4.78, 5) is 24.4. The maximum Gasteiger partial charge on any atom is 0.248 e. The lowest BCUT2D eigenvalue weighted by atomic mass is 10.1. The number of amides is 2. The molecule has 0 saturated carbocycles. The summed E-state index contributed by atoms with van der Waals surface area (Å²) in [5.41, 5.74) is 3.25. The van der Waals surface area contributed by atoms with Gasteiger partial charge in [0.1, 0.15) is 0 Å². The molecule has 3 aromatic carbocycles. The first-order valence-electron chi connectivity index (χ1n) is 10.2. The van der Waals surface area contributed by atoms with Crippen LogP contribution in [0.3, 0.4) is 0 Å². The van der Waals surface area contributed by atoms with Gasteiger partial charge in [-0.15, -0.1) is 0 Å². The number of nitrogens with one attached hydrogen (secondary N) is 2. The van der Waals surface area contributed by atoms with E-state index in [2.05, 4.69) is 10.6 Å². The molecular formula is C26H26N2O4. The Hall–Kier alpha value is -4.06. The van der Waals surface area contributed by atoms with E-state index in [0.717, 1.165) is 11.1 Å². The summed E-state index contributed by atoms with van der Waals surface area (Å²) in [5.74, 6) is 0.903. The average Bonchev–Trinajstić information content (AvgIpc) is 2.83. The van der Waals surface area contributed by atoms with Crippen LogP contribution >= 0.6 is 0 Å². The molecule has 0 bridgehead atoms. The minimum atomic E-state index is -0.264. The number of anilines is 2. The van der Waals surface area contributed by atoms with Crippen molar-refractivity contribution in [3.05, 3.63) is 90.0 Å². The number of methoxy groups -OCH3 is 2. The fourth-order valence-corrected chi connectivity index (χ4v) is 3.08. The predicted octanol–water partition coefficient (Wildman–Crippen LogP) is 4.93. The number of rotatable bonds is 9. The van der Waals surface area contributed by atoms with Crippen molar-refractivity contribution >= 4 is 29.3 Å². The van der Waals surface area contributed by atoms with E-state index in [1.54, 1.807) is 56.7 Å². The van der Waals surface area contributed by atoms with Crippen LogP contribution in [0.25, 0.3) is 6.08 Å². The van der Waals surface area contributed by atoms with E-state index in [4.69, 9.17) is 9.47 Å². The molecule has 0 fully saturated rings. The minimum absolute atomic E-state index is 0.0523. The van der Waals surface area contributed by atoms with Crippen LogP contribution in [0.1, 0.15) is 17.5 Å². The van der Waals surface area contributed by atoms with Gasteiger partial charge in [-0.3, -0.25) is 9.59 Å². The molecule has 32 heavy (non-hydrogen) atoms. The third-order valence-corrected chi connectivity index (χ3v) is 4.75. The molecule has 6 nitrogen and oxygen atoms in total. The molecule has 3 aromatic rings. The van der Waals surface area contributed by atoms with Gasteiger partial charge in [0.25, 0.3) is 0 Å². The summed E-state index contributed by atoms with van der Waals surface area (Å²) >= 11 is 0. The Kier molecular flexibility index (Phi) is 8.03. The van der Waals surface area contributed by atoms with E-state index in [1.807, 2.05) is 36.4 Å². The van der Waals surface area contributed by atoms with E-state index in [9.17, 15) is 9.59 Å². The standard InChI is InChI=1S/C26H26N2O4/c1-31-23-15-8-20(18-24(23)32-2)10-17-26(30)28-22-13-11-21(12-14-22)27-25(29)16-9-19-6-4-3-5-7-19/h3-8,10-15,17-18H,9,16H2,1-2H3,(H,27,29)(H,28,30)/b17-10+. The van der Waals surface area contributed by atoms with Crippen LogP contribution in [0.15, 0.2) is 78.9 Å². The Bertz CT molecular complexity index is 1080. The highest BCUT2D eigenvalue weighted by Crippen LogP contribution is 2.28. The van der Waals surface area contributed by atoms with Gasteiger partial charge < -0.3 is 20.1 Å². The number of benzene rings is 3. The average molecular weight is 431 g/mol. The molecule has 0 spiro atoms. The molecule has 164 valence electrons. The Morgan fingerprint density at radius 2 is 1.47 bits per heavy atom. The summed E-state index contributed by atoms with van der Waals surface area (Å²) in [7, 11) is 3.13. The third kappa shape index (κ3) is 6.74. The van der Waals surface area contributed by atoms with Gasteiger partial charge in [-0.25, -0.2) is 0 Å². The van der Waals surface area contributed by atoms with E-state index < -0.39 is 0 Å². The molecule has 2 amide bonds. The summed E-state index contributed by atoms with van der Waals surface area (Å²) in [6, 6.07) is 22.3. The van der Waals surface area contributed by atoms with Gasteiger partial charge in [-0.1, -0.05) is 36.4 Å². The van der Waals surface area contributed by atoms with Crippen molar-refractivity contribution in [2.75, 3.05) is 24.9 Å². The zero-order valence-corrected chi connectivity index (χ0v) is 18.1. The lowest BCUT2D eigenvalue weighted by molar-refractivity contribution is -0.116. The second-order valence-corrected chi connectivity index (χ2v) is 7.05. The van der Waals surface area contributed by atoms with E-state index in [0.29, 0.717) is 35.7 Å². The molecule has 2 N–H and O–H groups in total. The largest absolute Gasteiger partial charge is 0.493 e. The van der Waals surface area contributed by atoms with Gasteiger partial charge in [-0.2, -0.15) is 0 Å². The SMILES string of the molecule is COc1ccc(/C=C/C(=O)Nc2ccc(NC(=O)CCc3ccccc3)cc2)cc1OC. The molecule has 0 aliphatic carbocycles. The Morgan fingerprint density at radius 3 is 2.12 bits per heavy atom. The maximum absolute atomic E-state index is 12.2. The minimum Gasteiger partial charge on any atom is -0.493 e. The van der Waals surface area contributed by atoms with Gasteiger partial charge in [-0.05, 0) is 60.0 Å². The van der Waals surface area contributed by atoms with Crippen molar-refractivity contribution in [2.24, 2.45) is 0 Å². The first kappa shape index (κ1) is 22.6. The van der Waals surface area contributed by atoms with Crippen molar-refractivity contribution < 1.29 is 19.1 Å². The van der Waals surface area contributed by atoms with Crippen molar-refractivity contribution in [3.63, 3.8) is 0 Å². The normalized spacial score (nSPS) is 10.6. The Morgan fingerprint density at radius 1 is 0.812 bits per heavy atom. The quantitative estimate of drug-likeness (QED) is 0.472. The summed E-state index contributed by atoms with van der Waals surface area (Å²) in [6.07, 6.45) is 4.23. The molecule has 0 radical (unpaired) electrons. The number of ether oxygens (including phenoxy) is 2. The molecule has 3 rings (SSSR count). The Labute approximate surface area is 187 Å². The number of carbonyl (C=O) groups is 2. The van der Waals surface area contributed by atoms with Crippen LogP contribution in [0.5, 0.6) is 11.5 Å². The first-order chi connectivity index (χ1) is 15.6. The summed E-state index contributed by atoms with van der Waals surface area (Å²) in [6.45, 7) is 0.